The number of carboxylic acid groups (broad SMARTS) is 1. The molecule has 23 heavy (non-hydrogen) atoms. The van der Waals surface area contributed by atoms with E-state index in [1.54, 1.807) is 12.4 Å². The smallest absolute Gasteiger partial charge is 0.338 e. The topological polar surface area (TPSA) is 72.2 Å². The molecule has 1 N–H and O–H groups in total. The van der Waals surface area contributed by atoms with E-state index in [1.807, 2.05) is 6.92 Å². The van der Waals surface area contributed by atoms with Crippen LogP contribution < -0.4 is 5.56 Å². The van der Waals surface area contributed by atoms with Crippen LogP contribution in [0.3, 0.4) is 0 Å². The van der Waals surface area contributed by atoms with Crippen LogP contribution in [0.5, 0.6) is 0 Å². The van der Waals surface area contributed by atoms with E-state index in [0.717, 1.165) is 16.6 Å². The second-order valence-electron chi connectivity index (χ2n) is 5.18. The average Bonchev–Trinajstić information content (AvgIpc) is 2.88. The van der Waals surface area contributed by atoms with E-state index in [1.165, 1.54) is 28.0 Å². The Morgan fingerprint density at radius 2 is 2.13 bits per heavy atom. The summed E-state index contributed by atoms with van der Waals surface area (Å²) in [5, 5.41) is 9.43. The molecule has 0 aliphatic carbocycles. The van der Waals surface area contributed by atoms with Gasteiger partial charge in [0.25, 0.3) is 5.56 Å². The lowest BCUT2D eigenvalue weighted by molar-refractivity contribution is 0.0697. The van der Waals surface area contributed by atoms with Crippen LogP contribution in [0.25, 0.3) is 10.8 Å². The SMILES string of the molecule is Cc1ncsc1Cn1c(C)c(C(=O)O)c2cccc(F)c2c1=O. The number of hydrogen-bond donors (Lipinski definition) is 1. The summed E-state index contributed by atoms with van der Waals surface area (Å²) in [5.74, 6) is -1.90. The highest BCUT2D eigenvalue weighted by Gasteiger charge is 2.21. The molecule has 118 valence electrons. The largest absolute Gasteiger partial charge is 0.478 e. The number of fused-ring (bicyclic) bond motifs is 1. The lowest BCUT2D eigenvalue weighted by Gasteiger charge is -2.15. The number of aromatic carboxylic acids is 1. The van der Waals surface area contributed by atoms with Crippen LogP contribution in [0.15, 0.2) is 28.5 Å². The molecule has 0 fully saturated rings. The van der Waals surface area contributed by atoms with Gasteiger partial charge in [0, 0.05) is 16.0 Å². The minimum atomic E-state index is -1.19. The van der Waals surface area contributed by atoms with Crippen LogP contribution in [-0.4, -0.2) is 20.6 Å². The maximum Gasteiger partial charge on any atom is 0.338 e. The zero-order valence-corrected chi connectivity index (χ0v) is 13.3. The minimum absolute atomic E-state index is 0.0544. The Balaban J connectivity index is 2.38. The molecule has 0 aliphatic rings. The highest BCUT2D eigenvalue weighted by molar-refractivity contribution is 7.09. The second kappa shape index (κ2) is 5.58. The Morgan fingerprint density at radius 3 is 2.74 bits per heavy atom. The van der Waals surface area contributed by atoms with E-state index in [9.17, 15) is 19.1 Å². The molecule has 5 nitrogen and oxygen atoms in total. The standard InChI is InChI=1S/C16H13FN2O3S/c1-8-12(23-7-18-8)6-19-9(2)13(16(21)22)10-4-3-5-11(17)14(10)15(19)20/h3-5,7H,6H2,1-2H3,(H,21,22). The van der Waals surface area contributed by atoms with Crippen molar-refractivity contribution >= 4 is 28.1 Å². The van der Waals surface area contributed by atoms with Gasteiger partial charge in [0.05, 0.1) is 28.7 Å². The van der Waals surface area contributed by atoms with Crippen molar-refractivity contribution in [2.45, 2.75) is 20.4 Å². The summed E-state index contributed by atoms with van der Waals surface area (Å²) in [4.78, 5) is 29.3. The van der Waals surface area contributed by atoms with E-state index in [2.05, 4.69) is 4.98 Å². The van der Waals surface area contributed by atoms with Crippen LogP contribution in [0.4, 0.5) is 4.39 Å². The number of pyridine rings is 1. The van der Waals surface area contributed by atoms with E-state index in [-0.39, 0.29) is 22.9 Å². The van der Waals surface area contributed by atoms with Crippen LogP contribution in [0.1, 0.15) is 26.6 Å². The third-order valence-corrected chi connectivity index (χ3v) is 4.79. The van der Waals surface area contributed by atoms with Gasteiger partial charge in [0.2, 0.25) is 0 Å². The Morgan fingerprint density at radius 1 is 1.39 bits per heavy atom. The highest BCUT2D eigenvalue weighted by atomic mass is 32.1. The van der Waals surface area contributed by atoms with Crippen molar-refractivity contribution in [2.75, 3.05) is 0 Å². The molecule has 0 bridgehead atoms. The Bertz CT molecular complexity index is 991. The van der Waals surface area contributed by atoms with Gasteiger partial charge in [-0.15, -0.1) is 11.3 Å². The highest BCUT2D eigenvalue weighted by Crippen LogP contribution is 2.23. The molecule has 0 atom stereocenters. The van der Waals surface area contributed by atoms with Crippen LogP contribution in [0, 0.1) is 19.7 Å². The molecule has 2 heterocycles. The fourth-order valence-electron chi connectivity index (χ4n) is 2.65. The summed E-state index contributed by atoms with van der Waals surface area (Å²) >= 11 is 1.37. The Labute approximate surface area is 134 Å². The van der Waals surface area contributed by atoms with Crippen LogP contribution >= 0.6 is 11.3 Å². The molecule has 1 aromatic carbocycles. The minimum Gasteiger partial charge on any atom is -0.478 e. The first-order chi connectivity index (χ1) is 10.9. The molecule has 0 unspecified atom stereocenters. The third kappa shape index (κ3) is 2.43. The molecule has 3 aromatic rings. The van der Waals surface area contributed by atoms with Gasteiger partial charge in [-0.25, -0.2) is 14.2 Å². The van der Waals surface area contributed by atoms with Crippen molar-refractivity contribution < 1.29 is 14.3 Å². The van der Waals surface area contributed by atoms with Gasteiger partial charge in [-0.05, 0) is 19.9 Å². The molecular weight excluding hydrogens is 319 g/mol. The third-order valence-electron chi connectivity index (χ3n) is 3.87. The number of carboxylic acids is 1. The van der Waals surface area contributed by atoms with Crippen molar-refractivity contribution in [3.05, 3.63) is 61.7 Å². The first-order valence-electron chi connectivity index (χ1n) is 6.85. The predicted molar refractivity (Wildman–Crippen MR) is 85.8 cm³/mol. The van der Waals surface area contributed by atoms with Gasteiger partial charge in [-0.1, -0.05) is 12.1 Å². The number of aryl methyl sites for hydroxylation is 1. The van der Waals surface area contributed by atoms with Crippen LogP contribution in [-0.2, 0) is 6.54 Å². The van der Waals surface area contributed by atoms with Gasteiger partial charge in [-0.2, -0.15) is 0 Å². The lowest BCUT2D eigenvalue weighted by atomic mass is 10.0. The molecule has 0 saturated carbocycles. The predicted octanol–water partition coefficient (Wildman–Crippen LogP) is 2.96. The number of benzene rings is 1. The van der Waals surface area contributed by atoms with Crippen LogP contribution in [0.2, 0.25) is 0 Å². The maximum absolute atomic E-state index is 14.1. The van der Waals surface area contributed by atoms with Gasteiger partial charge in [-0.3, -0.25) is 4.79 Å². The summed E-state index contributed by atoms with van der Waals surface area (Å²) in [6.07, 6.45) is 0. The van der Waals surface area contributed by atoms with Gasteiger partial charge < -0.3 is 9.67 Å². The molecule has 0 spiro atoms. The molecule has 3 rings (SSSR count). The van der Waals surface area contributed by atoms with E-state index >= 15 is 0 Å². The maximum atomic E-state index is 14.1. The number of aromatic nitrogens is 2. The van der Waals surface area contributed by atoms with Crippen molar-refractivity contribution in [3.8, 4) is 0 Å². The van der Waals surface area contributed by atoms with Gasteiger partial charge >= 0.3 is 5.97 Å². The number of thiazole rings is 1. The molecule has 0 radical (unpaired) electrons. The van der Waals surface area contributed by atoms with E-state index < -0.39 is 17.3 Å². The number of halogens is 1. The Kier molecular flexibility index (Phi) is 3.73. The fraction of sp³-hybridized carbons (Fsp3) is 0.188. The monoisotopic (exact) mass is 332 g/mol. The zero-order valence-electron chi connectivity index (χ0n) is 12.5. The van der Waals surface area contributed by atoms with Gasteiger partial charge in [0.15, 0.2) is 0 Å². The van der Waals surface area contributed by atoms with Crippen molar-refractivity contribution in [1.82, 2.24) is 9.55 Å². The summed E-state index contributed by atoms with van der Waals surface area (Å²) in [6, 6.07) is 4.02. The molecule has 0 saturated heterocycles. The average molecular weight is 332 g/mol. The molecule has 7 heteroatoms. The summed E-state index contributed by atoms with van der Waals surface area (Å²) in [7, 11) is 0. The fourth-order valence-corrected chi connectivity index (χ4v) is 3.41. The van der Waals surface area contributed by atoms with Crippen molar-refractivity contribution in [3.63, 3.8) is 0 Å². The molecule has 0 amide bonds. The first-order valence-corrected chi connectivity index (χ1v) is 7.73. The number of hydrogen-bond acceptors (Lipinski definition) is 4. The number of carbonyl (C=O) groups is 1. The number of rotatable bonds is 3. The normalized spacial score (nSPS) is 11.1. The van der Waals surface area contributed by atoms with E-state index in [4.69, 9.17) is 0 Å². The quantitative estimate of drug-likeness (QED) is 0.800. The number of nitrogens with zero attached hydrogens (tertiary/aromatic N) is 2. The summed E-state index contributed by atoms with van der Waals surface area (Å²) < 4.78 is 15.4. The molecule has 0 aliphatic heterocycles. The second-order valence-corrected chi connectivity index (χ2v) is 6.12. The van der Waals surface area contributed by atoms with E-state index in [0.29, 0.717) is 5.69 Å². The lowest BCUT2D eigenvalue weighted by Crippen LogP contribution is -2.26. The van der Waals surface area contributed by atoms with Gasteiger partial charge in [0.1, 0.15) is 5.82 Å². The van der Waals surface area contributed by atoms with Crippen molar-refractivity contribution in [2.24, 2.45) is 0 Å². The van der Waals surface area contributed by atoms with Crippen molar-refractivity contribution in [1.29, 1.82) is 0 Å². The molecular formula is C16H13FN2O3S. The molecule has 2 aromatic heterocycles. The first kappa shape index (κ1) is 15.4. The summed E-state index contributed by atoms with van der Waals surface area (Å²) in [6.45, 7) is 3.54. The zero-order chi connectivity index (χ0) is 16.7. The summed E-state index contributed by atoms with van der Waals surface area (Å²) in [5.41, 5.74) is 2.14. The Hall–Kier alpha value is -2.54.